The van der Waals surface area contributed by atoms with Crippen molar-refractivity contribution in [1.82, 2.24) is 4.98 Å². The molecule has 0 N–H and O–H groups in total. The van der Waals surface area contributed by atoms with Crippen LogP contribution in [0.3, 0.4) is 0 Å². The van der Waals surface area contributed by atoms with Gasteiger partial charge in [-0.05, 0) is 24.5 Å². The van der Waals surface area contributed by atoms with Crippen LogP contribution >= 0.6 is 15.9 Å². The van der Waals surface area contributed by atoms with Crippen LogP contribution in [0, 0.1) is 11.7 Å². The van der Waals surface area contributed by atoms with Gasteiger partial charge in [0.15, 0.2) is 0 Å². The molecule has 2 heterocycles. The summed E-state index contributed by atoms with van der Waals surface area (Å²) in [6.07, 6.45) is 2.42. The van der Waals surface area contributed by atoms with E-state index in [9.17, 15) is 4.39 Å². The van der Waals surface area contributed by atoms with E-state index in [0.717, 1.165) is 25.3 Å². The summed E-state index contributed by atoms with van der Waals surface area (Å²) in [5.74, 6) is 1.29. The molecule has 82 valence electrons. The van der Waals surface area contributed by atoms with Crippen LogP contribution in [0.2, 0.25) is 0 Å². The Labute approximate surface area is 97.6 Å². The number of hydrogen-bond acceptors (Lipinski definition) is 2. The minimum absolute atomic E-state index is 0.278. The maximum absolute atomic E-state index is 12.7. The molecule has 2 atom stereocenters. The number of nitrogens with zero attached hydrogens (tertiary/aromatic N) is 2. The summed E-state index contributed by atoms with van der Waals surface area (Å²) in [6.45, 7) is 4.19. The van der Waals surface area contributed by atoms with E-state index >= 15 is 0 Å². The van der Waals surface area contributed by atoms with Crippen LogP contribution in [0.25, 0.3) is 0 Å². The van der Waals surface area contributed by atoms with Gasteiger partial charge in [-0.3, -0.25) is 0 Å². The third kappa shape index (κ3) is 2.48. The van der Waals surface area contributed by atoms with E-state index < -0.39 is 0 Å². The van der Waals surface area contributed by atoms with Gasteiger partial charge in [-0.2, -0.15) is 0 Å². The zero-order valence-corrected chi connectivity index (χ0v) is 10.2. The Kier molecular flexibility index (Phi) is 3.24. The van der Waals surface area contributed by atoms with E-state index in [2.05, 4.69) is 32.7 Å². The summed E-state index contributed by atoms with van der Waals surface area (Å²) in [5, 5.41) is 0. The zero-order chi connectivity index (χ0) is 10.8. The Balaban J connectivity index is 2.08. The lowest BCUT2D eigenvalue weighted by atomic mass is 9.99. The van der Waals surface area contributed by atoms with Gasteiger partial charge >= 0.3 is 0 Å². The number of rotatable bonds is 1. The van der Waals surface area contributed by atoms with Crippen molar-refractivity contribution in [2.75, 3.05) is 18.0 Å². The average molecular weight is 273 g/mol. The first-order chi connectivity index (χ1) is 7.16. The molecule has 0 amide bonds. The highest BCUT2D eigenvalue weighted by Gasteiger charge is 2.24. The van der Waals surface area contributed by atoms with Crippen molar-refractivity contribution in [1.29, 1.82) is 0 Å². The maximum atomic E-state index is 12.7. The molecule has 2 rings (SSSR count). The summed E-state index contributed by atoms with van der Waals surface area (Å²) in [6, 6.07) is 3.20. The quantitative estimate of drug-likeness (QED) is 0.731. The molecule has 0 bridgehead atoms. The lowest BCUT2D eigenvalue weighted by Gasteiger charge is -2.34. The van der Waals surface area contributed by atoms with Gasteiger partial charge in [-0.15, -0.1) is 0 Å². The lowest BCUT2D eigenvalue weighted by Crippen LogP contribution is -2.40. The first-order valence-electron chi connectivity index (χ1n) is 5.17. The molecule has 2 nitrogen and oxygen atoms in total. The molecule has 1 aromatic rings. The number of hydrogen-bond donors (Lipinski definition) is 0. The number of piperidine rings is 1. The van der Waals surface area contributed by atoms with Crippen molar-refractivity contribution >= 4 is 21.7 Å². The van der Waals surface area contributed by atoms with Gasteiger partial charge in [0.1, 0.15) is 11.6 Å². The minimum atomic E-state index is -0.278. The van der Waals surface area contributed by atoms with Crippen LogP contribution in [0.15, 0.2) is 18.3 Å². The highest BCUT2D eigenvalue weighted by atomic mass is 79.9. The molecule has 15 heavy (non-hydrogen) atoms. The molecule has 0 aromatic carbocycles. The third-order valence-corrected chi connectivity index (χ3v) is 4.09. The van der Waals surface area contributed by atoms with E-state index in [1.165, 1.54) is 12.3 Å². The topological polar surface area (TPSA) is 16.1 Å². The van der Waals surface area contributed by atoms with Crippen LogP contribution < -0.4 is 4.90 Å². The summed E-state index contributed by atoms with van der Waals surface area (Å²) in [7, 11) is 0. The van der Waals surface area contributed by atoms with E-state index in [1.807, 2.05) is 0 Å². The Morgan fingerprint density at radius 3 is 2.93 bits per heavy atom. The second-order valence-electron chi connectivity index (χ2n) is 4.06. The van der Waals surface area contributed by atoms with Crippen molar-refractivity contribution in [3.8, 4) is 0 Å². The highest BCUT2D eigenvalue weighted by molar-refractivity contribution is 9.09. The summed E-state index contributed by atoms with van der Waals surface area (Å²) < 4.78 is 12.7. The van der Waals surface area contributed by atoms with E-state index in [1.54, 1.807) is 6.07 Å². The molecule has 0 spiro atoms. The van der Waals surface area contributed by atoms with Crippen molar-refractivity contribution in [3.05, 3.63) is 24.1 Å². The third-order valence-electron chi connectivity index (χ3n) is 2.90. The van der Waals surface area contributed by atoms with Gasteiger partial charge in [0.2, 0.25) is 0 Å². The van der Waals surface area contributed by atoms with E-state index in [0.29, 0.717) is 10.7 Å². The van der Waals surface area contributed by atoms with Crippen LogP contribution in [0.4, 0.5) is 10.2 Å². The van der Waals surface area contributed by atoms with Gasteiger partial charge in [0.05, 0.1) is 6.20 Å². The average Bonchev–Trinajstić information content (AvgIpc) is 2.23. The Morgan fingerprint density at radius 1 is 1.53 bits per heavy atom. The molecule has 4 heteroatoms. The van der Waals surface area contributed by atoms with Gasteiger partial charge in [-0.1, -0.05) is 22.9 Å². The van der Waals surface area contributed by atoms with E-state index in [-0.39, 0.29) is 5.82 Å². The Bertz CT molecular complexity index is 328. The van der Waals surface area contributed by atoms with Crippen molar-refractivity contribution in [2.45, 2.75) is 18.2 Å². The normalized spacial score (nSPS) is 26.7. The smallest absolute Gasteiger partial charge is 0.141 e. The first-order valence-corrected chi connectivity index (χ1v) is 6.09. The number of anilines is 1. The second kappa shape index (κ2) is 4.47. The van der Waals surface area contributed by atoms with Crippen LogP contribution in [0.1, 0.15) is 13.3 Å². The fourth-order valence-corrected chi connectivity index (χ4v) is 2.40. The maximum Gasteiger partial charge on any atom is 0.141 e. The first kappa shape index (κ1) is 10.9. The molecule has 1 aromatic heterocycles. The van der Waals surface area contributed by atoms with Crippen molar-refractivity contribution in [3.63, 3.8) is 0 Å². The molecule has 1 aliphatic rings. The largest absolute Gasteiger partial charge is 0.355 e. The molecule has 1 fully saturated rings. The molecule has 1 saturated heterocycles. The molecule has 0 radical (unpaired) electrons. The Hall–Kier alpha value is -0.640. The fraction of sp³-hybridized carbons (Fsp3) is 0.545. The summed E-state index contributed by atoms with van der Waals surface area (Å²) >= 11 is 3.66. The molecule has 0 aliphatic carbocycles. The van der Waals surface area contributed by atoms with Gasteiger partial charge < -0.3 is 4.90 Å². The molecular formula is C11H14BrFN2. The number of alkyl halides is 1. The van der Waals surface area contributed by atoms with Crippen LogP contribution in [0.5, 0.6) is 0 Å². The summed E-state index contributed by atoms with van der Waals surface area (Å²) in [5.41, 5.74) is 0. The second-order valence-corrected chi connectivity index (χ2v) is 5.24. The highest BCUT2D eigenvalue weighted by Crippen LogP contribution is 2.26. The van der Waals surface area contributed by atoms with Crippen molar-refractivity contribution in [2.24, 2.45) is 5.92 Å². The molecule has 1 aliphatic heterocycles. The molecule has 0 saturated carbocycles. The Morgan fingerprint density at radius 2 is 2.33 bits per heavy atom. The van der Waals surface area contributed by atoms with Gasteiger partial charge in [-0.25, -0.2) is 9.37 Å². The number of halogens is 2. The predicted octanol–water partition coefficient (Wildman–Crippen LogP) is 2.83. The number of pyridine rings is 1. The van der Waals surface area contributed by atoms with E-state index in [4.69, 9.17) is 0 Å². The SMILES string of the molecule is CC1CCN(c2ccc(F)cn2)CC1Br. The monoisotopic (exact) mass is 272 g/mol. The summed E-state index contributed by atoms with van der Waals surface area (Å²) in [4.78, 5) is 6.78. The zero-order valence-electron chi connectivity index (χ0n) is 8.66. The number of aromatic nitrogens is 1. The minimum Gasteiger partial charge on any atom is -0.355 e. The standard InChI is InChI=1S/C11H14BrFN2/c1-8-4-5-15(7-10(8)12)11-3-2-9(13)6-14-11/h2-3,6,8,10H,4-5,7H2,1H3. The van der Waals surface area contributed by atoms with Gasteiger partial charge in [0.25, 0.3) is 0 Å². The van der Waals surface area contributed by atoms with Gasteiger partial charge in [0, 0.05) is 17.9 Å². The lowest BCUT2D eigenvalue weighted by molar-refractivity contribution is 0.454. The van der Waals surface area contributed by atoms with Crippen LogP contribution in [-0.2, 0) is 0 Å². The van der Waals surface area contributed by atoms with Crippen LogP contribution in [-0.4, -0.2) is 22.9 Å². The van der Waals surface area contributed by atoms with Crippen molar-refractivity contribution < 1.29 is 4.39 Å². The molecule has 2 unspecified atom stereocenters. The predicted molar refractivity (Wildman–Crippen MR) is 62.9 cm³/mol. The fourth-order valence-electron chi connectivity index (χ4n) is 1.79. The molecular weight excluding hydrogens is 259 g/mol.